The van der Waals surface area contributed by atoms with Gasteiger partial charge in [-0.2, -0.15) is 0 Å². The van der Waals surface area contributed by atoms with E-state index in [1.807, 2.05) is 24.3 Å². The van der Waals surface area contributed by atoms with E-state index in [2.05, 4.69) is 9.88 Å². The Kier molecular flexibility index (Phi) is 4.39. The lowest BCUT2D eigenvalue weighted by Gasteiger charge is -2.33. The molecule has 0 radical (unpaired) electrons. The SMILES string of the molecule is O=C1C[C@@H](N2CCC(c3nc4ccccc4o3)CC2)C(=O)N1c1ccc(F)cc1. The van der Waals surface area contributed by atoms with Gasteiger partial charge in [-0.15, -0.1) is 0 Å². The number of anilines is 1. The third kappa shape index (κ3) is 3.21. The molecule has 1 aromatic heterocycles. The molecule has 0 unspecified atom stereocenters. The number of oxazole rings is 1. The summed E-state index contributed by atoms with van der Waals surface area (Å²) in [6, 6.07) is 12.7. The van der Waals surface area contributed by atoms with Gasteiger partial charge in [0.25, 0.3) is 5.91 Å². The monoisotopic (exact) mass is 393 g/mol. The molecule has 2 amide bonds. The number of aromatic nitrogens is 1. The Bertz CT molecular complexity index is 1040. The van der Waals surface area contributed by atoms with Crippen LogP contribution in [0, 0.1) is 5.82 Å². The molecule has 2 fully saturated rings. The second kappa shape index (κ2) is 7.08. The molecule has 6 nitrogen and oxygen atoms in total. The van der Waals surface area contributed by atoms with Gasteiger partial charge >= 0.3 is 0 Å². The van der Waals surface area contributed by atoms with E-state index in [-0.39, 0.29) is 24.2 Å². The number of imide groups is 1. The Balaban J connectivity index is 1.27. The van der Waals surface area contributed by atoms with Gasteiger partial charge in [0.05, 0.1) is 18.2 Å². The molecule has 0 N–H and O–H groups in total. The number of hydrogen-bond acceptors (Lipinski definition) is 5. The number of carbonyl (C=O) groups is 2. The lowest BCUT2D eigenvalue weighted by molar-refractivity contribution is -0.123. The Labute approximate surface area is 166 Å². The molecule has 0 saturated carbocycles. The highest BCUT2D eigenvalue weighted by molar-refractivity contribution is 6.22. The van der Waals surface area contributed by atoms with Gasteiger partial charge in [0.1, 0.15) is 11.3 Å². The molecule has 5 rings (SSSR count). The van der Waals surface area contributed by atoms with Crippen LogP contribution in [0.1, 0.15) is 31.1 Å². The number of fused-ring (bicyclic) bond motifs is 1. The van der Waals surface area contributed by atoms with Gasteiger partial charge in [0.15, 0.2) is 11.5 Å². The van der Waals surface area contributed by atoms with Crippen molar-refractivity contribution in [2.24, 2.45) is 0 Å². The second-order valence-corrected chi connectivity index (χ2v) is 7.59. The summed E-state index contributed by atoms with van der Waals surface area (Å²) in [5.41, 5.74) is 2.07. The molecule has 2 saturated heterocycles. The smallest absolute Gasteiger partial charge is 0.251 e. The van der Waals surface area contributed by atoms with Crippen LogP contribution in [0.4, 0.5) is 10.1 Å². The zero-order valence-corrected chi connectivity index (χ0v) is 15.8. The highest BCUT2D eigenvalue weighted by atomic mass is 19.1. The molecule has 2 aliphatic rings. The zero-order valence-electron chi connectivity index (χ0n) is 15.8. The van der Waals surface area contributed by atoms with Crippen LogP contribution in [0.5, 0.6) is 0 Å². The van der Waals surface area contributed by atoms with Crippen LogP contribution in [0.15, 0.2) is 52.9 Å². The first-order valence-electron chi connectivity index (χ1n) is 9.82. The summed E-state index contributed by atoms with van der Waals surface area (Å²) in [5.74, 6) is 0.0759. The molecule has 148 valence electrons. The van der Waals surface area contributed by atoms with Crippen LogP contribution >= 0.6 is 0 Å². The maximum absolute atomic E-state index is 13.2. The van der Waals surface area contributed by atoms with Crippen LogP contribution < -0.4 is 4.90 Å². The molecular formula is C22H20FN3O3. The minimum Gasteiger partial charge on any atom is -0.440 e. The number of amides is 2. The number of hydrogen-bond donors (Lipinski definition) is 0. The summed E-state index contributed by atoms with van der Waals surface area (Å²) >= 11 is 0. The predicted octanol–water partition coefficient (Wildman–Crippen LogP) is 3.48. The van der Waals surface area contributed by atoms with Gasteiger partial charge in [-0.25, -0.2) is 14.3 Å². The van der Waals surface area contributed by atoms with Crippen LogP contribution in [-0.4, -0.2) is 40.8 Å². The fourth-order valence-electron chi connectivity index (χ4n) is 4.29. The fourth-order valence-corrected chi connectivity index (χ4v) is 4.29. The Hall–Kier alpha value is -3.06. The van der Waals surface area contributed by atoms with Crippen molar-refractivity contribution in [1.82, 2.24) is 9.88 Å². The summed E-state index contributed by atoms with van der Waals surface area (Å²) in [6.45, 7) is 1.40. The van der Waals surface area contributed by atoms with Crippen molar-refractivity contribution in [2.45, 2.75) is 31.2 Å². The number of carbonyl (C=O) groups excluding carboxylic acids is 2. The van der Waals surface area contributed by atoms with Gasteiger partial charge in [-0.3, -0.25) is 14.5 Å². The summed E-state index contributed by atoms with van der Waals surface area (Å²) in [7, 11) is 0. The molecule has 0 spiro atoms. The first kappa shape index (κ1) is 18.0. The number of nitrogens with zero attached hydrogens (tertiary/aromatic N) is 3. The van der Waals surface area contributed by atoms with E-state index in [9.17, 15) is 14.0 Å². The molecule has 2 aromatic carbocycles. The first-order valence-corrected chi connectivity index (χ1v) is 9.82. The number of piperidine rings is 1. The maximum Gasteiger partial charge on any atom is 0.251 e. The van der Waals surface area contributed by atoms with Crippen molar-refractivity contribution in [3.8, 4) is 0 Å². The number of rotatable bonds is 3. The predicted molar refractivity (Wildman–Crippen MR) is 105 cm³/mol. The zero-order chi connectivity index (χ0) is 20.0. The first-order chi connectivity index (χ1) is 14.1. The van der Waals surface area contributed by atoms with E-state index in [1.165, 1.54) is 29.2 Å². The van der Waals surface area contributed by atoms with E-state index < -0.39 is 11.9 Å². The molecule has 0 bridgehead atoms. The minimum absolute atomic E-state index is 0.157. The third-order valence-corrected chi connectivity index (χ3v) is 5.84. The summed E-state index contributed by atoms with van der Waals surface area (Å²) < 4.78 is 19.1. The van der Waals surface area contributed by atoms with Crippen molar-refractivity contribution in [1.29, 1.82) is 0 Å². The topological polar surface area (TPSA) is 66.7 Å². The fraction of sp³-hybridized carbons (Fsp3) is 0.318. The Morgan fingerprint density at radius 3 is 2.45 bits per heavy atom. The van der Waals surface area contributed by atoms with Crippen LogP contribution in [0.3, 0.4) is 0 Å². The van der Waals surface area contributed by atoms with Gasteiger partial charge in [0, 0.05) is 5.92 Å². The van der Waals surface area contributed by atoms with E-state index in [0.717, 1.165) is 29.8 Å². The van der Waals surface area contributed by atoms with Crippen LogP contribution in [0.25, 0.3) is 11.1 Å². The lowest BCUT2D eigenvalue weighted by atomic mass is 9.95. The molecule has 7 heteroatoms. The van der Waals surface area contributed by atoms with Gasteiger partial charge in [-0.05, 0) is 62.3 Å². The standard InChI is InChI=1S/C22H20FN3O3/c23-15-5-7-16(8-6-15)26-20(27)13-18(22(26)28)25-11-9-14(10-12-25)21-24-17-3-1-2-4-19(17)29-21/h1-8,14,18H,9-13H2/t18-/m1/s1. The van der Waals surface area contributed by atoms with E-state index in [0.29, 0.717) is 18.8 Å². The third-order valence-electron chi connectivity index (χ3n) is 5.84. The number of likely N-dealkylation sites (tertiary alicyclic amines) is 1. The molecular weight excluding hydrogens is 373 g/mol. The number of para-hydroxylation sites is 2. The second-order valence-electron chi connectivity index (χ2n) is 7.59. The van der Waals surface area contributed by atoms with Crippen molar-refractivity contribution in [3.05, 3.63) is 60.2 Å². The highest BCUT2D eigenvalue weighted by Crippen LogP contribution is 2.33. The van der Waals surface area contributed by atoms with Gasteiger partial charge in [-0.1, -0.05) is 12.1 Å². The van der Waals surface area contributed by atoms with Crippen LogP contribution in [0.2, 0.25) is 0 Å². The average molecular weight is 393 g/mol. The van der Waals surface area contributed by atoms with E-state index >= 15 is 0 Å². The van der Waals surface area contributed by atoms with Gasteiger partial charge in [0.2, 0.25) is 5.91 Å². The molecule has 3 aromatic rings. The maximum atomic E-state index is 13.2. The number of halogens is 1. The van der Waals surface area contributed by atoms with E-state index in [1.54, 1.807) is 0 Å². The number of benzene rings is 2. The van der Waals surface area contributed by atoms with Crippen molar-refractivity contribution < 1.29 is 18.4 Å². The molecule has 3 heterocycles. The summed E-state index contributed by atoms with van der Waals surface area (Å²) in [4.78, 5) is 33.2. The molecule has 29 heavy (non-hydrogen) atoms. The Morgan fingerprint density at radius 1 is 1.00 bits per heavy atom. The highest BCUT2D eigenvalue weighted by Gasteiger charge is 2.43. The summed E-state index contributed by atoms with van der Waals surface area (Å²) in [6.07, 6.45) is 1.80. The van der Waals surface area contributed by atoms with Crippen molar-refractivity contribution in [2.75, 3.05) is 18.0 Å². The average Bonchev–Trinajstić information content (AvgIpc) is 3.30. The minimum atomic E-state index is -0.461. The largest absolute Gasteiger partial charge is 0.440 e. The Morgan fingerprint density at radius 2 is 1.72 bits per heavy atom. The van der Waals surface area contributed by atoms with Crippen LogP contribution in [-0.2, 0) is 9.59 Å². The summed E-state index contributed by atoms with van der Waals surface area (Å²) in [5, 5.41) is 0. The van der Waals surface area contributed by atoms with E-state index in [4.69, 9.17) is 4.42 Å². The molecule has 0 aliphatic carbocycles. The van der Waals surface area contributed by atoms with Crippen molar-refractivity contribution in [3.63, 3.8) is 0 Å². The quantitative estimate of drug-likeness (QED) is 0.638. The van der Waals surface area contributed by atoms with Crippen molar-refractivity contribution >= 4 is 28.6 Å². The molecule has 2 aliphatic heterocycles. The lowest BCUT2D eigenvalue weighted by Crippen LogP contribution is -2.45. The molecule has 1 atom stereocenters. The van der Waals surface area contributed by atoms with Gasteiger partial charge < -0.3 is 4.42 Å². The normalized spacial score (nSPS) is 21.4.